The average Bonchev–Trinajstić information content (AvgIpc) is 2.73. The van der Waals surface area contributed by atoms with Crippen LogP contribution in [-0.2, 0) is 9.53 Å². The van der Waals surface area contributed by atoms with Gasteiger partial charge in [0.25, 0.3) is 0 Å². The number of esters is 1. The molecule has 1 aliphatic rings. The highest BCUT2D eigenvalue weighted by Gasteiger charge is 2.36. The van der Waals surface area contributed by atoms with Crippen LogP contribution in [0.2, 0.25) is 0 Å². The molecule has 1 heterocycles. The minimum Gasteiger partial charge on any atom is -0.508 e. The first-order valence-electron chi connectivity index (χ1n) is 8.76. The molecular formula is C22H18N2O4. The van der Waals surface area contributed by atoms with Crippen LogP contribution in [0.1, 0.15) is 17.2 Å². The largest absolute Gasteiger partial charge is 0.508 e. The number of fused-ring (bicyclic) bond motifs is 1. The van der Waals surface area contributed by atoms with Crippen molar-refractivity contribution in [1.82, 2.24) is 10.6 Å². The van der Waals surface area contributed by atoms with E-state index in [-0.39, 0.29) is 11.3 Å². The highest BCUT2D eigenvalue weighted by atomic mass is 16.5. The number of amides is 2. The van der Waals surface area contributed by atoms with Gasteiger partial charge in [-0.3, -0.25) is 0 Å². The summed E-state index contributed by atoms with van der Waals surface area (Å²) < 4.78 is 5.01. The van der Waals surface area contributed by atoms with Crippen molar-refractivity contribution in [1.29, 1.82) is 0 Å². The van der Waals surface area contributed by atoms with Crippen LogP contribution in [0.5, 0.6) is 5.75 Å². The fourth-order valence-electron chi connectivity index (χ4n) is 3.53. The summed E-state index contributed by atoms with van der Waals surface area (Å²) in [5.74, 6) is -0.608. The summed E-state index contributed by atoms with van der Waals surface area (Å²) in [6.07, 6.45) is 0. The number of phenols is 1. The molecule has 0 radical (unpaired) electrons. The monoisotopic (exact) mass is 374 g/mol. The van der Waals surface area contributed by atoms with Crippen molar-refractivity contribution in [3.8, 4) is 5.75 Å². The molecule has 140 valence electrons. The van der Waals surface area contributed by atoms with Gasteiger partial charge in [-0.15, -0.1) is 0 Å². The Morgan fingerprint density at radius 3 is 2.46 bits per heavy atom. The van der Waals surface area contributed by atoms with Crippen LogP contribution in [-0.4, -0.2) is 24.2 Å². The van der Waals surface area contributed by atoms with E-state index in [9.17, 15) is 14.7 Å². The molecule has 0 aromatic heterocycles. The van der Waals surface area contributed by atoms with E-state index >= 15 is 0 Å². The highest BCUT2D eigenvalue weighted by Crippen LogP contribution is 2.39. The van der Waals surface area contributed by atoms with Gasteiger partial charge in [-0.1, -0.05) is 60.7 Å². The van der Waals surface area contributed by atoms with Gasteiger partial charge >= 0.3 is 12.0 Å². The lowest BCUT2D eigenvalue weighted by atomic mass is 9.89. The molecule has 28 heavy (non-hydrogen) atoms. The Morgan fingerprint density at radius 2 is 1.71 bits per heavy atom. The van der Waals surface area contributed by atoms with E-state index in [1.807, 2.05) is 42.5 Å². The number of nitrogens with one attached hydrogen (secondary N) is 2. The number of rotatable bonds is 3. The second-order valence-electron chi connectivity index (χ2n) is 6.40. The van der Waals surface area contributed by atoms with Crippen LogP contribution in [0, 0.1) is 0 Å². The third kappa shape index (κ3) is 2.95. The zero-order chi connectivity index (χ0) is 19.7. The first-order chi connectivity index (χ1) is 13.6. The first-order valence-corrected chi connectivity index (χ1v) is 8.76. The Labute approximate surface area is 161 Å². The molecular weight excluding hydrogens is 356 g/mol. The summed E-state index contributed by atoms with van der Waals surface area (Å²) in [6.45, 7) is 0. The van der Waals surface area contributed by atoms with Crippen LogP contribution in [0.3, 0.4) is 0 Å². The lowest BCUT2D eigenvalue weighted by molar-refractivity contribution is -0.136. The molecule has 2 amide bonds. The third-order valence-electron chi connectivity index (χ3n) is 4.78. The van der Waals surface area contributed by atoms with E-state index in [0.29, 0.717) is 16.8 Å². The quantitative estimate of drug-likeness (QED) is 0.613. The normalized spacial score (nSPS) is 16.5. The number of carbonyl (C=O) groups is 2. The molecule has 0 saturated carbocycles. The Morgan fingerprint density at radius 1 is 1.00 bits per heavy atom. The Bertz CT molecular complexity index is 1110. The number of carbonyl (C=O) groups excluding carboxylic acids is 2. The van der Waals surface area contributed by atoms with Gasteiger partial charge in [0.15, 0.2) is 0 Å². The SMILES string of the molecule is COC(=O)C1=C(c2ccccc2)NC(=O)NC1c1c(O)ccc2ccccc12. The van der Waals surface area contributed by atoms with Crippen molar-refractivity contribution >= 4 is 28.5 Å². The second-order valence-corrected chi connectivity index (χ2v) is 6.40. The highest BCUT2D eigenvalue weighted by molar-refractivity contribution is 6.06. The summed E-state index contributed by atoms with van der Waals surface area (Å²) >= 11 is 0. The molecule has 4 rings (SSSR count). The molecule has 1 aliphatic heterocycles. The lowest BCUT2D eigenvalue weighted by Gasteiger charge is -2.30. The molecule has 0 saturated heterocycles. The van der Waals surface area contributed by atoms with Crippen LogP contribution >= 0.6 is 0 Å². The molecule has 3 aromatic rings. The molecule has 1 unspecified atom stereocenters. The minimum absolute atomic E-state index is 0.0142. The van der Waals surface area contributed by atoms with E-state index in [4.69, 9.17) is 4.74 Å². The summed E-state index contributed by atoms with van der Waals surface area (Å²) in [5.41, 5.74) is 1.69. The molecule has 0 bridgehead atoms. The fourth-order valence-corrected chi connectivity index (χ4v) is 3.53. The van der Waals surface area contributed by atoms with E-state index < -0.39 is 18.0 Å². The number of aromatic hydroxyl groups is 1. The smallest absolute Gasteiger partial charge is 0.338 e. The zero-order valence-corrected chi connectivity index (χ0v) is 15.1. The number of hydrogen-bond donors (Lipinski definition) is 3. The van der Waals surface area contributed by atoms with Gasteiger partial charge in [0.2, 0.25) is 0 Å². The van der Waals surface area contributed by atoms with Crippen LogP contribution in [0.25, 0.3) is 16.5 Å². The van der Waals surface area contributed by atoms with Gasteiger partial charge in [0.05, 0.1) is 24.4 Å². The van der Waals surface area contributed by atoms with E-state index in [1.165, 1.54) is 7.11 Å². The van der Waals surface area contributed by atoms with Crippen molar-refractivity contribution in [3.05, 3.63) is 83.4 Å². The number of hydrogen-bond acceptors (Lipinski definition) is 4. The number of ether oxygens (including phenoxy) is 1. The van der Waals surface area contributed by atoms with Gasteiger partial charge in [-0.25, -0.2) is 9.59 Å². The van der Waals surface area contributed by atoms with E-state index in [0.717, 1.165) is 10.8 Å². The Hall–Kier alpha value is -3.80. The van der Waals surface area contributed by atoms with Crippen LogP contribution in [0.15, 0.2) is 72.3 Å². The van der Waals surface area contributed by atoms with Crippen molar-refractivity contribution in [2.75, 3.05) is 7.11 Å². The average molecular weight is 374 g/mol. The number of methoxy groups -OCH3 is 1. The molecule has 6 heteroatoms. The van der Waals surface area contributed by atoms with E-state index in [1.54, 1.807) is 24.3 Å². The molecule has 0 fully saturated rings. The third-order valence-corrected chi connectivity index (χ3v) is 4.78. The fraction of sp³-hybridized carbons (Fsp3) is 0.0909. The number of benzene rings is 3. The zero-order valence-electron chi connectivity index (χ0n) is 15.1. The van der Waals surface area contributed by atoms with Crippen molar-refractivity contribution < 1.29 is 19.4 Å². The van der Waals surface area contributed by atoms with Gasteiger partial charge in [0.1, 0.15) is 5.75 Å². The molecule has 0 aliphatic carbocycles. The van der Waals surface area contributed by atoms with Crippen molar-refractivity contribution in [2.45, 2.75) is 6.04 Å². The Balaban J connectivity index is 2.02. The van der Waals surface area contributed by atoms with Crippen molar-refractivity contribution in [3.63, 3.8) is 0 Å². The van der Waals surface area contributed by atoms with Gasteiger partial charge < -0.3 is 20.5 Å². The summed E-state index contributed by atoms with van der Waals surface area (Å²) in [4.78, 5) is 25.2. The lowest BCUT2D eigenvalue weighted by Crippen LogP contribution is -2.45. The molecule has 0 spiro atoms. The Kier molecular flexibility index (Phi) is 4.45. The van der Waals surface area contributed by atoms with Crippen molar-refractivity contribution in [2.24, 2.45) is 0 Å². The standard InChI is InChI=1S/C22H18N2O4/c1-28-21(26)18-19(14-8-3-2-4-9-14)23-22(27)24-20(18)17-15-10-6-5-7-13(15)11-12-16(17)25/h2-12,20,25H,1H3,(H2,23,24,27). The molecule has 3 N–H and O–H groups in total. The number of urea groups is 1. The van der Waals surface area contributed by atoms with Gasteiger partial charge in [-0.2, -0.15) is 0 Å². The maximum atomic E-state index is 12.7. The van der Waals surface area contributed by atoms with E-state index in [2.05, 4.69) is 10.6 Å². The van der Waals surface area contributed by atoms with Gasteiger partial charge in [0, 0.05) is 5.56 Å². The topological polar surface area (TPSA) is 87.7 Å². The van der Waals surface area contributed by atoms with Gasteiger partial charge in [-0.05, 0) is 22.4 Å². The predicted octanol–water partition coefficient (Wildman–Crippen LogP) is 3.48. The summed E-state index contributed by atoms with van der Waals surface area (Å²) in [5, 5.41) is 17.7. The molecule has 1 atom stereocenters. The maximum Gasteiger partial charge on any atom is 0.338 e. The van der Waals surface area contributed by atoms with Crippen LogP contribution in [0.4, 0.5) is 4.79 Å². The number of phenolic OH excluding ortho intramolecular Hbond substituents is 1. The second kappa shape index (κ2) is 7.08. The maximum absolute atomic E-state index is 12.7. The summed E-state index contributed by atoms with van der Waals surface area (Å²) in [7, 11) is 1.29. The molecule has 3 aromatic carbocycles. The minimum atomic E-state index is -0.873. The van der Waals surface area contributed by atoms with Crippen LogP contribution < -0.4 is 10.6 Å². The predicted molar refractivity (Wildman–Crippen MR) is 105 cm³/mol. The summed E-state index contributed by atoms with van der Waals surface area (Å²) in [6, 6.07) is 18.5. The first kappa shape index (κ1) is 17.6. The molecule has 6 nitrogen and oxygen atoms in total.